The molecule has 2 aliphatic heterocycles. The van der Waals surface area contributed by atoms with E-state index in [1.807, 2.05) is 31.7 Å². The number of benzene rings is 2. The van der Waals surface area contributed by atoms with E-state index >= 15 is 0 Å². The predicted molar refractivity (Wildman–Crippen MR) is 108 cm³/mol. The summed E-state index contributed by atoms with van der Waals surface area (Å²) in [4.78, 5) is 15.0. The van der Waals surface area contributed by atoms with Gasteiger partial charge in [0.2, 0.25) is 0 Å². The largest absolute Gasteiger partial charge is 0.444 e. The van der Waals surface area contributed by atoms with Crippen LogP contribution in [-0.2, 0) is 4.74 Å². The number of carbonyl (C=O) groups excluding carboxylic acids is 1. The van der Waals surface area contributed by atoms with Crippen LogP contribution in [0.4, 0.5) is 10.5 Å². The van der Waals surface area contributed by atoms with Gasteiger partial charge in [0.15, 0.2) is 0 Å². The third-order valence-corrected chi connectivity index (χ3v) is 5.48. The highest BCUT2D eigenvalue weighted by Gasteiger charge is 2.45. The van der Waals surface area contributed by atoms with Gasteiger partial charge in [-0.2, -0.15) is 0 Å². The zero-order valence-corrected chi connectivity index (χ0v) is 16.3. The first-order chi connectivity index (χ1) is 12.9. The number of piperidine rings is 1. The van der Waals surface area contributed by atoms with Crippen molar-refractivity contribution in [2.75, 3.05) is 11.9 Å². The maximum atomic E-state index is 13.0. The topological polar surface area (TPSA) is 41.6 Å². The van der Waals surface area contributed by atoms with Crippen molar-refractivity contribution < 1.29 is 9.53 Å². The molecule has 0 spiro atoms. The lowest BCUT2D eigenvalue weighted by molar-refractivity contribution is -0.00379. The number of hydrogen-bond donors (Lipinski definition) is 1. The Morgan fingerprint density at radius 1 is 1.07 bits per heavy atom. The molecule has 1 unspecified atom stereocenters. The molecule has 2 aromatic rings. The quantitative estimate of drug-likeness (QED) is 0.722. The number of fused-ring (bicyclic) bond motifs is 3. The first-order valence-electron chi connectivity index (χ1n) is 9.84. The molecule has 4 heteroatoms. The molecule has 0 saturated carbocycles. The summed E-state index contributed by atoms with van der Waals surface area (Å²) in [6.45, 7) is 6.52. The van der Waals surface area contributed by atoms with Crippen molar-refractivity contribution in [2.45, 2.75) is 51.3 Å². The van der Waals surface area contributed by atoms with E-state index < -0.39 is 5.60 Å². The van der Waals surface area contributed by atoms with Gasteiger partial charge in [0, 0.05) is 18.2 Å². The molecule has 0 radical (unpaired) electrons. The third kappa shape index (κ3) is 3.53. The molecule has 1 N–H and O–H groups in total. The van der Waals surface area contributed by atoms with Gasteiger partial charge in [-0.3, -0.25) is 0 Å². The molecule has 0 aliphatic carbocycles. The van der Waals surface area contributed by atoms with Crippen molar-refractivity contribution in [1.82, 2.24) is 4.90 Å². The fourth-order valence-corrected chi connectivity index (χ4v) is 4.45. The summed E-state index contributed by atoms with van der Waals surface area (Å²) < 4.78 is 5.75. The Kier molecular flexibility index (Phi) is 4.58. The van der Waals surface area contributed by atoms with Crippen LogP contribution in [0.15, 0.2) is 54.6 Å². The van der Waals surface area contributed by atoms with E-state index in [4.69, 9.17) is 4.74 Å². The maximum Gasteiger partial charge on any atom is 0.410 e. The van der Waals surface area contributed by atoms with Gasteiger partial charge in [-0.15, -0.1) is 0 Å². The minimum absolute atomic E-state index is 0.0382. The van der Waals surface area contributed by atoms with E-state index in [0.29, 0.717) is 5.92 Å². The van der Waals surface area contributed by atoms with Crippen LogP contribution in [0.3, 0.4) is 0 Å². The van der Waals surface area contributed by atoms with Gasteiger partial charge in [0.25, 0.3) is 0 Å². The summed E-state index contributed by atoms with van der Waals surface area (Å²) in [6.07, 6.45) is 1.87. The second kappa shape index (κ2) is 6.91. The average molecular weight is 364 g/mol. The normalized spacial score (nSPS) is 24.4. The molecule has 1 amide bonds. The molecule has 4 rings (SSSR count). The van der Waals surface area contributed by atoms with Crippen molar-refractivity contribution in [3.05, 3.63) is 65.7 Å². The minimum Gasteiger partial charge on any atom is -0.444 e. The standard InChI is InChI=1S/C23H28N2O2/c1-23(2,3)27-22(26)25-15-9-13-18-20(16-10-5-4-6-11-16)24-19-14-8-7-12-17(19)21(18)25/h4-8,10-12,14,18,20-21,24H,9,13,15H2,1-3H3/t18-,20+,21?/m1/s1. The Labute approximate surface area is 161 Å². The number of likely N-dealkylation sites (tertiary alicyclic amines) is 1. The fraction of sp³-hybridized carbons (Fsp3) is 0.435. The summed E-state index contributed by atoms with van der Waals surface area (Å²) in [5.74, 6) is 0.323. The second-order valence-corrected chi connectivity index (χ2v) is 8.54. The van der Waals surface area contributed by atoms with E-state index in [1.54, 1.807) is 0 Å². The number of carbonyl (C=O) groups is 1. The SMILES string of the molecule is CC(C)(C)OC(=O)N1CCC[C@H]2C1c1ccccc1N[C@H]2c1ccccc1. The lowest BCUT2D eigenvalue weighted by Gasteiger charge is -2.48. The number of amides is 1. The van der Waals surface area contributed by atoms with Gasteiger partial charge in [-0.05, 0) is 50.8 Å². The lowest BCUT2D eigenvalue weighted by atomic mass is 9.74. The number of ether oxygens (including phenoxy) is 1. The summed E-state index contributed by atoms with van der Waals surface area (Å²) in [6, 6.07) is 19.2. The number of nitrogens with one attached hydrogen (secondary N) is 1. The molecule has 0 bridgehead atoms. The molecule has 1 fully saturated rings. The van der Waals surface area contributed by atoms with Gasteiger partial charge in [0.05, 0.1) is 12.1 Å². The van der Waals surface area contributed by atoms with Crippen LogP contribution in [0.25, 0.3) is 0 Å². The summed E-state index contributed by atoms with van der Waals surface area (Å²) in [5.41, 5.74) is 3.09. The van der Waals surface area contributed by atoms with Gasteiger partial charge in [-0.1, -0.05) is 48.5 Å². The van der Waals surface area contributed by atoms with Crippen molar-refractivity contribution in [2.24, 2.45) is 5.92 Å². The van der Waals surface area contributed by atoms with Crippen LogP contribution in [0, 0.1) is 5.92 Å². The predicted octanol–water partition coefficient (Wildman–Crippen LogP) is 5.54. The van der Waals surface area contributed by atoms with Crippen LogP contribution in [0.5, 0.6) is 0 Å². The van der Waals surface area contributed by atoms with E-state index in [1.165, 1.54) is 11.1 Å². The minimum atomic E-state index is -0.491. The van der Waals surface area contributed by atoms with E-state index in [9.17, 15) is 4.79 Å². The van der Waals surface area contributed by atoms with Crippen molar-refractivity contribution >= 4 is 11.8 Å². The molecule has 2 aliphatic rings. The first-order valence-corrected chi connectivity index (χ1v) is 9.84. The number of rotatable bonds is 1. The Balaban J connectivity index is 1.74. The third-order valence-electron chi connectivity index (χ3n) is 5.48. The fourth-order valence-electron chi connectivity index (χ4n) is 4.45. The Morgan fingerprint density at radius 3 is 2.52 bits per heavy atom. The van der Waals surface area contributed by atoms with Crippen molar-refractivity contribution in [3.63, 3.8) is 0 Å². The monoisotopic (exact) mass is 364 g/mol. The van der Waals surface area contributed by atoms with Gasteiger partial charge in [0.1, 0.15) is 5.60 Å². The number of hydrogen-bond acceptors (Lipinski definition) is 3. The van der Waals surface area contributed by atoms with Crippen molar-refractivity contribution in [3.8, 4) is 0 Å². The summed E-state index contributed by atoms with van der Waals surface area (Å²) >= 11 is 0. The zero-order chi connectivity index (χ0) is 19.0. The average Bonchev–Trinajstić information content (AvgIpc) is 2.66. The first kappa shape index (κ1) is 17.9. The molecular formula is C23H28N2O2. The molecule has 27 heavy (non-hydrogen) atoms. The van der Waals surface area contributed by atoms with Crippen LogP contribution < -0.4 is 5.32 Å². The molecule has 3 atom stereocenters. The molecule has 142 valence electrons. The van der Waals surface area contributed by atoms with Crippen LogP contribution in [0.1, 0.15) is 56.8 Å². The van der Waals surface area contributed by atoms with E-state index in [2.05, 4.69) is 53.8 Å². The number of para-hydroxylation sites is 1. The second-order valence-electron chi connectivity index (χ2n) is 8.54. The van der Waals surface area contributed by atoms with Gasteiger partial charge in [-0.25, -0.2) is 4.79 Å². The highest BCUT2D eigenvalue weighted by atomic mass is 16.6. The smallest absolute Gasteiger partial charge is 0.410 e. The summed E-state index contributed by atoms with van der Waals surface area (Å²) in [7, 11) is 0. The molecule has 2 heterocycles. The van der Waals surface area contributed by atoms with Gasteiger partial charge >= 0.3 is 6.09 Å². The number of anilines is 1. The maximum absolute atomic E-state index is 13.0. The molecular weight excluding hydrogens is 336 g/mol. The Hall–Kier alpha value is -2.49. The van der Waals surface area contributed by atoms with Gasteiger partial charge < -0.3 is 15.0 Å². The van der Waals surface area contributed by atoms with Crippen molar-refractivity contribution in [1.29, 1.82) is 0 Å². The lowest BCUT2D eigenvalue weighted by Crippen LogP contribution is -2.49. The van der Waals surface area contributed by atoms with Crippen LogP contribution in [-0.4, -0.2) is 23.1 Å². The molecule has 4 nitrogen and oxygen atoms in total. The molecule has 2 aromatic carbocycles. The highest BCUT2D eigenvalue weighted by molar-refractivity contribution is 5.71. The van der Waals surface area contributed by atoms with E-state index in [0.717, 1.165) is 25.1 Å². The van der Waals surface area contributed by atoms with Crippen LogP contribution in [0.2, 0.25) is 0 Å². The number of nitrogens with zero attached hydrogens (tertiary/aromatic N) is 1. The van der Waals surface area contributed by atoms with E-state index in [-0.39, 0.29) is 18.2 Å². The molecule has 0 aromatic heterocycles. The van der Waals surface area contributed by atoms with Crippen LogP contribution >= 0.6 is 0 Å². The highest BCUT2D eigenvalue weighted by Crippen LogP contribution is 2.50. The Morgan fingerprint density at radius 2 is 1.78 bits per heavy atom. The Bertz CT molecular complexity index is 813. The zero-order valence-electron chi connectivity index (χ0n) is 16.3. The molecule has 1 saturated heterocycles. The summed E-state index contributed by atoms with van der Waals surface area (Å²) in [5, 5.41) is 3.74.